The van der Waals surface area contributed by atoms with Crippen LogP contribution in [0.1, 0.15) is 63.5 Å². The quantitative estimate of drug-likeness (QED) is 0.770. The number of hydrogen-bond donors (Lipinski definition) is 0. The van der Waals surface area contributed by atoms with Crippen molar-refractivity contribution in [2.45, 2.75) is 57.9 Å². The van der Waals surface area contributed by atoms with Crippen molar-refractivity contribution in [3.8, 4) is 0 Å². The molecule has 2 fully saturated rings. The summed E-state index contributed by atoms with van der Waals surface area (Å²) in [5.74, 6) is 2.52. The van der Waals surface area contributed by atoms with Gasteiger partial charge in [-0.3, -0.25) is 4.68 Å². The van der Waals surface area contributed by atoms with Crippen molar-refractivity contribution in [2.24, 2.45) is 11.8 Å². The molecule has 0 bridgehead atoms. The third-order valence-electron chi connectivity index (χ3n) is 5.46. The predicted octanol–water partition coefficient (Wildman–Crippen LogP) is 4.91. The van der Waals surface area contributed by atoms with E-state index in [-0.39, 0.29) is 0 Å². The molecule has 2 aromatic rings. The number of aromatic nitrogens is 2. The third-order valence-corrected chi connectivity index (χ3v) is 5.46. The smallest absolute Gasteiger partial charge is 0.0926 e. The zero-order valence-corrected chi connectivity index (χ0v) is 12.5. The van der Waals surface area contributed by atoms with Crippen molar-refractivity contribution >= 4 is 10.9 Å². The zero-order chi connectivity index (χ0) is 13.7. The summed E-state index contributed by atoms with van der Waals surface area (Å²) in [6.07, 6.45) is 8.97. The first kappa shape index (κ1) is 12.4. The van der Waals surface area contributed by atoms with Gasteiger partial charge in [0, 0.05) is 11.6 Å². The lowest BCUT2D eigenvalue weighted by Gasteiger charge is -2.36. The van der Waals surface area contributed by atoms with Gasteiger partial charge in [-0.1, -0.05) is 32.4 Å². The van der Waals surface area contributed by atoms with Gasteiger partial charge >= 0.3 is 0 Å². The van der Waals surface area contributed by atoms with E-state index in [0.29, 0.717) is 6.04 Å². The van der Waals surface area contributed by atoms with E-state index in [0.717, 1.165) is 17.8 Å². The van der Waals surface area contributed by atoms with Crippen LogP contribution in [-0.4, -0.2) is 9.78 Å². The van der Waals surface area contributed by atoms with Crippen LogP contribution in [-0.2, 0) is 0 Å². The van der Waals surface area contributed by atoms with Crippen molar-refractivity contribution in [1.82, 2.24) is 9.78 Å². The van der Waals surface area contributed by atoms with Gasteiger partial charge in [0.25, 0.3) is 0 Å². The molecule has 0 saturated heterocycles. The van der Waals surface area contributed by atoms with Crippen LogP contribution in [0.25, 0.3) is 10.9 Å². The molecule has 2 aliphatic rings. The van der Waals surface area contributed by atoms with Crippen LogP contribution in [0.2, 0.25) is 0 Å². The Labute approximate surface area is 121 Å². The maximum Gasteiger partial charge on any atom is 0.0926 e. The van der Waals surface area contributed by atoms with Gasteiger partial charge in [-0.2, -0.15) is 5.10 Å². The molecule has 0 radical (unpaired) electrons. The van der Waals surface area contributed by atoms with Gasteiger partial charge in [0.1, 0.15) is 0 Å². The van der Waals surface area contributed by atoms with E-state index < -0.39 is 0 Å². The second-order valence-electron chi connectivity index (χ2n) is 6.94. The van der Waals surface area contributed by atoms with Crippen LogP contribution < -0.4 is 0 Å². The van der Waals surface area contributed by atoms with Crippen molar-refractivity contribution < 1.29 is 0 Å². The minimum atomic E-state index is 0.658. The molecular weight excluding hydrogens is 244 g/mol. The second kappa shape index (κ2) is 4.61. The highest BCUT2D eigenvalue weighted by atomic mass is 15.3. The Balaban J connectivity index is 1.62. The summed E-state index contributed by atoms with van der Waals surface area (Å²) >= 11 is 0. The maximum absolute atomic E-state index is 4.88. The minimum Gasteiger partial charge on any atom is -0.268 e. The number of fused-ring (bicyclic) bond motifs is 1. The van der Waals surface area contributed by atoms with Crippen molar-refractivity contribution in [3.05, 3.63) is 30.0 Å². The van der Waals surface area contributed by atoms with E-state index in [1.165, 1.54) is 48.6 Å². The van der Waals surface area contributed by atoms with Gasteiger partial charge in [-0.15, -0.1) is 0 Å². The first-order valence-corrected chi connectivity index (χ1v) is 8.25. The van der Waals surface area contributed by atoms with Gasteiger partial charge in [0.2, 0.25) is 0 Å². The molecule has 0 amide bonds. The second-order valence-corrected chi connectivity index (χ2v) is 6.94. The monoisotopic (exact) mass is 268 g/mol. The molecule has 2 saturated carbocycles. The number of nitrogens with zero attached hydrogens (tertiary/aromatic N) is 2. The van der Waals surface area contributed by atoms with Gasteiger partial charge in [-0.05, 0) is 55.1 Å². The molecule has 20 heavy (non-hydrogen) atoms. The summed E-state index contributed by atoms with van der Waals surface area (Å²) in [6.45, 7) is 4.63. The Morgan fingerprint density at radius 3 is 2.80 bits per heavy atom. The first-order chi connectivity index (χ1) is 9.76. The molecule has 4 atom stereocenters. The minimum absolute atomic E-state index is 0.658. The fraction of sp³-hybridized carbons (Fsp3) is 0.611. The molecule has 1 aromatic carbocycles. The van der Waals surface area contributed by atoms with Crippen LogP contribution in [0.15, 0.2) is 24.4 Å². The normalized spacial score (nSPS) is 32.3. The van der Waals surface area contributed by atoms with E-state index in [1.54, 1.807) is 0 Å². The molecule has 0 N–H and O–H groups in total. The van der Waals surface area contributed by atoms with E-state index >= 15 is 0 Å². The van der Waals surface area contributed by atoms with E-state index in [9.17, 15) is 0 Å². The zero-order valence-electron chi connectivity index (χ0n) is 12.5. The molecule has 1 aromatic heterocycles. The van der Waals surface area contributed by atoms with Gasteiger partial charge in [-0.25, -0.2) is 0 Å². The molecule has 0 aliphatic heterocycles. The molecule has 2 nitrogen and oxygen atoms in total. The third kappa shape index (κ3) is 1.97. The molecule has 4 unspecified atom stereocenters. The average molecular weight is 268 g/mol. The molecular formula is C18H24N2. The summed E-state index contributed by atoms with van der Waals surface area (Å²) in [7, 11) is 0. The average Bonchev–Trinajstić information content (AvgIpc) is 2.99. The lowest BCUT2D eigenvalue weighted by molar-refractivity contribution is 0.156. The van der Waals surface area contributed by atoms with E-state index in [4.69, 9.17) is 5.10 Å². The van der Waals surface area contributed by atoms with Crippen molar-refractivity contribution in [3.63, 3.8) is 0 Å². The number of rotatable bonds is 4. The van der Waals surface area contributed by atoms with E-state index in [1.807, 2.05) is 0 Å². The largest absolute Gasteiger partial charge is 0.268 e. The Hall–Kier alpha value is -1.31. The number of hydrogen-bond acceptors (Lipinski definition) is 1. The number of benzene rings is 1. The Bertz CT molecular complexity index is 627. The van der Waals surface area contributed by atoms with E-state index in [2.05, 4.69) is 42.9 Å². The topological polar surface area (TPSA) is 17.8 Å². The highest BCUT2D eigenvalue weighted by molar-refractivity contribution is 5.79. The highest BCUT2D eigenvalue weighted by Crippen LogP contribution is 2.47. The van der Waals surface area contributed by atoms with Crippen LogP contribution in [0.3, 0.4) is 0 Å². The SMILES string of the molecule is CCCC1CCC1n1cc2ccc(C3CC3C)cc2n1. The molecule has 2 heteroatoms. The summed E-state index contributed by atoms with van der Waals surface area (Å²) in [5, 5.41) is 6.19. The lowest BCUT2D eigenvalue weighted by atomic mass is 9.77. The Morgan fingerprint density at radius 1 is 1.30 bits per heavy atom. The standard InChI is InChI=1S/C18H24N2/c1-3-4-13-7-8-18(13)20-11-15-6-5-14(10-17(15)19-20)16-9-12(16)2/h5-6,10-13,16,18H,3-4,7-9H2,1-2H3. The molecule has 0 spiro atoms. The molecule has 106 valence electrons. The summed E-state index contributed by atoms with van der Waals surface area (Å²) < 4.78 is 2.26. The van der Waals surface area contributed by atoms with Gasteiger partial charge in [0.15, 0.2) is 0 Å². The summed E-state index contributed by atoms with van der Waals surface area (Å²) in [6, 6.07) is 7.57. The fourth-order valence-electron chi connectivity index (χ4n) is 3.85. The lowest BCUT2D eigenvalue weighted by Crippen LogP contribution is -2.29. The molecule has 4 rings (SSSR count). The summed E-state index contributed by atoms with van der Waals surface area (Å²) in [5.41, 5.74) is 2.69. The maximum atomic E-state index is 4.88. The Kier molecular flexibility index (Phi) is 2.87. The van der Waals surface area contributed by atoms with Gasteiger partial charge < -0.3 is 0 Å². The first-order valence-electron chi connectivity index (χ1n) is 8.25. The van der Waals surface area contributed by atoms with Crippen LogP contribution in [0, 0.1) is 11.8 Å². The van der Waals surface area contributed by atoms with Gasteiger partial charge in [0.05, 0.1) is 11.6 Å². The highest BCUT2D eigenvalue weighted by Gasteiger charge is 2.34. The predicted molar refractivity (Wildman–Crippen MR) is 82.9 cm³/mol. The molecule has 1 heterocycles. The van der Waals surface area contributed by atoms with Crippen LogP contribution in [0.5, 0.6) is 0 Å². The molecule has 2 aliphatic carbocycles. The fourth-order valence-corrected chi connectivity index (χ4v) is 3.85. The van der Waals surface area contributed by atoms with Crippen LogP contribution in [0.4, 0.5) is 0 Å². The van der Waals surface area contributed by atoms with Crippen molar-refractivity contribution in [2.75, 3.05) is 0 Å². The van der Waals surface area contributed by atoms with Crippen molar-refractivity contribution in [1.29, 1.82) is 0 Å². The van der Waals surface area contributed by atoms with Crippen LogP contribution >= 0.6 is 0 Å². The summed E-state index contributed by atoms with van der Waals surface area (Å²) in [4.78, 5) is 0. The Morgan fingerprint density at radius 2 is 2.15 bits per heavy atom.